The van der Waals surface area contributed by atoms with E-state index in [1.54, 1.807) is 7.11 Å². The summed E-state index contributed by atoms with van der Waals surface area (Å²) in [6.07, 6.45) is 5.44. The first kappa shape index (κ1) is 26.0. The van der Waals surface area contributed by atoms with Crippen molar-refractivity contribution in [2.45, 2.75) is 57.2 Å². The first-order valence-corrected chi connectivity index (χ1v) is 13.9. The van der Waals surface area contributed by atoms with Crippen LogP contribution in [0.15, 0.2) is 58.5 Å². The van der Waals surface area contributed by atoms with Crippen LogP contribution in [0.4, 0.5) is 5.69 Å². The molecule has 10 heteroatoms. The number of benzene rings is 2. The highest BCUT2D eigenvalue weighted by Gasteiger charge is 2.42. The third-order valence-corrected chi connectivity index (χ3v) is 7.82. The van der Waals surface area contributed by atoms with Crippen molar-refractivity contribution in [3.05, 3.63) is 59.7 Å². The van der Waals surface area contributed by atoms with Crippen LogP contribution in [0, 0.1) is 0 Å². The fraction of sp³-hybridized carbons (Fsp3) is 0.393. The number of fused-ring (bicyclic) bond motifs is 3. The SMILES string of the molecule is COc1ccc(CNC(=O)CC2N=C3c4ccccc4N=C(SCC(=O)NC4CCCCC4)N3C2=O)cc1. The fourth-order valence-corrected chi connectivity index (χ4v) is 5.68. The Labute approximate surface area is 226 Å². The van der Waals surface area contributed by atoms with Gasteiger partial charge in [-0.2, -0.15) is 0 Å². The van der Waals surface area contributed by atoms with Crippen molar-refractivity contribution in [3.63, 3.8) is 0 Å². The predicted molar refractivity (Wildman–Crippen MR) is 148 cm³/mol. The molecule has 3 amide bonds. The van der Waals surface area contributed by atoms with Gasteiger partial charge in [0.2, 0.25) is 11.8 Å². The fourth-order valence-electron chi connectivity index (χ4n) is 4.87. The van der Waals surface area contributed by atoms with E-state index in [1.807, 2.05) is 48.5 Å². The summed E-state index contributed by atoms with van der Waals surface area (Å²) in [5.41, 5.74) is 2.35. The maximum absolute atomic E-state index is 13.4. The zero-order valence-corrected chi connectivity index (χ0v) is 22.1. The van der Waals surface area contributed by atoms with Gasteiger partial charge in [0, 0.05) is 18.2 Å². The summed E-state index contributed by atoms with van der Waals surface area (Å²) < 4.78 is 5.16. The summed E-state index contributed by atoms with van der Waals surface area (Å²) >= 11 is 1.22. The number of ether oxygens (including phenoxy) is 1. The number of para-hydroxylation sites is 1. The molecule has 3 aliphatic rings. The zero-order chi connectivity index (χ0) is 26.5. The molecule has 0 saturated heterocycles. The average Bonchev–Trinajstić information content (AvgIpc) is 3.27. The lowest BCUT2D eigenvalue weighted by atomic mass is 9.95. The third-order valence-electron chi connectivity index (χ3n) is 6.88. The number of methoxy groups -OCH3 is 1. The highest BCUT2D eigenvalue weighted by molar-refractivity contribution is 8.14. The van der Waals surface area contributed by atoms with Gasteiger partial charge >= 0.3 is 0 Å². The van der Waals surface area contributed by atoms with Crippen molar-refractivity contribution in [1.82, 2.24) is 15.5 Å². The highest BCUT2D eigenvalue weighted by Crippen LogP contribution is 2.34. The second kappa shape index (κ2) is 11.8. The molecule has 1 aliphatic carbocycles. The first-order valence-electron chi connectivity index (χ1n) is 12.9. The smallest absolute Gasteiger partial charge is 0.259 e. The summed E-state index contributed by atoms with van der Waals surface area (Å²) in [6.45, 7) is 0.339. The average molecular weight is 534 g/mol. The minimum Gasteiger partial charge on any atom is -0.497 e. The van der Waals surface area contributed by atoms with Crippen molar-refractivity contribution in [2.75, 3.05) is 12.9 Å². The number of amides is 3. The van der Waals surface area contributed by atoms with Crippen molar-refractivity contribution >= 4 is 46.2 Å². The van der Waals surface area contributed by atoms with E-state index in [2.05, 4.69) is 20.6 Å². The van der Waals surface area contributed by atoms with Crippen LogP contribution < -0.4 is 15.4 Å². The molecule has 1 fully saturated rings. The van der Waals surface area contributed by atoms with E-state index in [1.165, 1.54) is 23.1 Å². The van der Waals surface area contributed by atoms with Gasteiger partial charge in [-0.05, 0) is 42.7 Å². The minimum absolute atomic E-state index is 0.0666. The lowest BCUT2D eigenvalue weighted by molar-refractivity contribution is -0.128. The number of amidine groups is 2. The number of rotatable bonds is 8. The highest BCUT2D eigenvalue weighted by atomic mass is 32.2. The molecule has 1 atom stereocenters. The number of carbonyl (C=O) groups excluding carboxylic acids is 3. The van der Waals surface area contributed by atoms with Crippen molar-refractivity contribution in [1.29, 1.82) is 0 Å². The monoisotopic (exact) mass is 533 g/mol. The lowest BCUT2D eigenvalue weighted by Crippen LogP contribution is -2.43. The Morgan fingerprint density at radius 2 is 1.82 bits per heavy atom. The summed E-state index contributed by atoms with van der Waals surface area (Å²) in [4.78, 5) is 49.5. The van der Waals surface area contributed by atoms with E-state index < -0.39 is 6.04 Å². The second-order valence-corrected chi connectivity index (χ2v) is 10.5. The molecule has 2 aromatic carbocycles. The largest absolute Gasteiger partial charge is 0.497 e. The summed E-state index contributed by atoms with van der Waals surface area (Å²) in [5.74, 6) is 0.724. The van der Waals surface area contributed by atoms with Crippen LogP contribution in [-0.4, -0.2) is 58.6 Å². The second-order valence-electron chi connectivity index (χ2n) is 9.57. The van der Waals surface area contributed by atoms with Crippen LogP contribution in [-0.2, 0) is 20.9 Å². The van der Waals surface area contributed by atoms with E-state index >= 15 is 0 Å². The van der Waals surface area contributed by atoms with Crippen LogP contribution in [0.25, 0.3) is 0 Å². The molecule has 0 aromatic heterocycles. The van der Waals surface area contributed by atoms with Crippen molar-refractivity contribution in [3.8, 4) is 5.75 Å². The van der Waals surface area contributed by atoms with Gasteiger partial charge in [0.1, 0.15) is 17.6 Å². The molecule has 0 bridgehead atoms. The van der Waals surface area contributed by atoms with E-state index in [9.17, 15) is 14.4 Å². The van der Waals surface area contributed by atoms with Gasteiger partial charge in [-0.1, -0.05) is 55.3 Å². The van der Waals surface area contributed by atoms with E-state index in [0.717, 1.165) is 42.6 Å². The van der Waals surface area contributed by atoms with Crippen LogP contribution in [0.2, 0.25) is 0 Å². The molecule has 0 radical (unpaired) electrons. The number of nitrogens with zero attached hydrogens (tertiary/aromatic N) is 3. The van der Waals surface area contributed by atoms with E-state index in [0.29, 0.717) is 23.2 Å². The lowest BCUT2D eigenvalue weighted by Gasteiger charge is -2.26. The van der Waals surface area contributed by atoms with Gasteiger partial charge in [0.05, 0.1) is 25.0 Å². The molecule has 0 spiro atoms. The Morgan fingerprint density at radius 1 is 1.05 bits per heavy atom. The summed E-state index contributed by atoms with van der Waals surface area (Å²) in [5, 5.41) is 6.38. The van der Waals surface area contributed by atoms with Crippen LogP contribution in [0.1, 0.15) is 49.7 Å². The first-order chi connectivity index (χ1) is 18.5. The van der Waals surface area contributed by atoms with Gasteiger partial charge < -0.3 is 15.4 Å². The van der Waals surface area contributed by atoms with Crippen LogP contribution in [0.3, 0.4) is 0 Å². The Hall–Kier alpha value is -3.66. The Morgan fingerprint density at radius 3 is 2.58 bits per heavy atom. The molecule has 2 heterocycles. The molecule has 2 aliphatic heterocycles. The molecular formula is C28H31N5O4S. The molecule has 2 aromatic rings. The Bertz CT molecular complexity index is 1270. The molecule has 5 rings (SSSR count). The number of hydrogen-bond acceptors (Lipinski definition) is 7. The minimum atomic E-state index is -0.853. The van der Waals surface area contributed by atoms with Gasteiger partial charge in [0.15, 0.2) is 5.17 Å². The summed E-state index contributed by atoms with van der Waals surface area (Å²) in [7, 11) is 1.60. The molecule has 198 valence electrons. The van der Waals surface area contributed by atoms with Crippen LogP contribution >= 0.6 is 11.8 Å². The number of nitrogens with one attached hydrogen (secondary N) is 2. The maximum atomic E-state index is 13.4. The predicted octanol–water partition coefficient (Wildman–Crippen LogP) is 3.54. The van der Waals surface area contributed by atoms with Crippen molar-refractivity contribution in [2.24, 2.45) is 9.98 Å². The Kier molecular flexibility index (Phi) is 8.07. The number of carbonyl (C=O) groups is 3. The van der Waals surface area contributed by atoms with Gasteiger partial charge in [-0.25, -0.2) is 9.89 Å². The zero-order valence-electron chi connectivity index (χ0n) is 21.3. The molecular weight excluding hydrogens is 502 g/mol. The molecule has 38 heavy (non-hydrogen) atoms. The number of hydrogen-bond donors (Lipinski definition) is 2. The van der Waals surface area contributed by atoms with Gasteiger partial charge in [-0.15, -0.1) is 0 Å². The van der Waals surface area contributed by atoms with Gasteiger partial charge in [0.25, 0.3) is 5.91 Å². The molecule has 1 saturated carbocycles. The number of aliphatic imine (C=N–C) groups is 2. The summed E-state index contributed by atoms with van der Waals surface area (Å²) in [6, 6.07) is 14.2. The Balaban J connectivity index is 1.24. The quantitative estimate of drug-likeness (QED) is 0.539. The molecule has 1 unspecified atom stereocenters. The van der Waals surface area contributed by atoms with Gasteiger partial charge in [-0.3, -0.25) is 19.4 Å². The topological polar surface area (TPSA) is 112 Å². The van der Waals surface area contributed by atoms with Crippen LogP contribution in [0.5, 0.6) is 5.75 Å². The number of thioether (sulfide) groups is 1. The van der Waals surface area contributed by atoms with E-state index in [-0.39, 0.29) is 35.9 Å². The maximum Gasteiger partial charge on any atom is 0.259 e. The third kappa shape index (κ3) is 5.91. The van der Waals surface area contributed by atoms with Crippen molar-refractivity contribution < 1.29 is 19.1 Å². The standard InChI is InChI=1S/C28H31N5O4S/c1-37-20-13-11-18(12-14-20)16-29-24(34)15-23-27(36)33-26(31-23)21-9-5-6-10-22(21)32-28(33)38-17-25(35)30-19-7-3-2-4-8-19/h5-6,9-14,19,23H,2-4,7-8,15-17H2,1H3,(H,29,34)(H,30,35). The van der Waals surface area contributed by atoms with E-state index in [4.69, 9.17) is 4.74 Å². The molecule has 2 N–H and O–H groups in total. The molecule has 9 nitrogen and oxygen atoms in total. The normalized spacial score (nSPS) is 18.7.